The number of allylic oxidation sites excluding steroid dienone is 2. The number of hydrogen-bond acceptors (Lipinski definition) is 4. The quantitative estimate of drug-likeness (QED) is 0.239. The van der Waals surface area contributed by atoms with Crippen LogP contribution in [0.25, 0.3) is 0 Å². The Bertz CT molecular complexity index is 421. The lowest BCUT2D eigenvalue weighted by Crippen LogP contribution is -2.60. The Morgan fingerprint density at radius 2 is 1.72 bits per heavy atom. The maximum atomic E-state index is 12.0. The summed E-state index contributed by atoms with van der Waals surface area (Å²) in [6, 6.07) is 0. The van der Waals surface area contributed by atoms with Gasteiger partial charge in [-0.1, -0.05) is 44.0 Å². The number of nitrogens with two attached hydrogens (primary N) is 2. The Hall–Kier alpha value is -0.700. The molecule has 6 nitrogen and oxygen atoms in total. The van der Waals surface area contributed by atoms with Crippen LogP contribution in [0.1, 0.15) is 13.8 Å². The van der Waals surface area contributed by atoms with Crippen molar-refractivity contribution in [3.05, 3.63) is 22.2 Å². The molecule has 0 radical (unpaired) electrons. The average molecular weight is 382 g/mol. The molecule has 6 N–H and O–H groups in total. The van der Waals surface area contributed by atoms with Crippen molar-refractivity contribution < 1.29 is 9.59 Å². The largest absolute Gasteiger partial charge is 0.293 e. The lowest BCUT2D eigenvalue weighted by molar-refractivity contribution is -0.134. The highest BCUT2D eigenvalue weighted by atomic mass is 79.9. The van der Waals surface area contributed by atoms with Gasteiger partial charge >= 0.3 is 0 Å². The van der Waals surface area contributed by atoms with Crippen molar-refractivity contribution in [1.82, 2.24) is 10.9 Å². The van der Waals surface area contributed by atoms with Gasteiger partial charge in [-0.2, -0.15) is 0 Å². The molecule has 0 spiro atoms. The Balaban J connectivity index is 3.46. The average Bonchev–Trinajstić information content (AvgIpc) is 2.34. The number of rotatable bonds is 2. The molecular weight excluding hydrogens is 368 g/mol. The molecule has 1 aliphatic carbocycles. The molecule has 1 aliphatic rings. The van der Waals surface area contributed by atoms with Gasteiger partial charge in [0.25, 0.3) is 5.91 Å². The van der Waals surface area contributed by atoms with Gasteiger partial charge in [0.05, 0.1) is 5.41 Å². The number of carbonyl (C=O) groups excluding carboxylic acids is 2. The molecule has 0 aromatic carbocycles. The smallest absolute Gasteiger partial charge is 0.256 e. The zero-order valence-electron chi connectivity index (χ0n) is 9.88. The first-order valence-electron chi connectivity index (χ1n) is 5.02. The van der Waals surface area contributed by atoms with Gasteiger partial charge in [0.15, 0.2) is 0 Å². The zero-order valence-corrected chi connectivity index (χ0v) is 13.1. The molecule has 0 saturated carbocycles. The van der Waals surface area contributed by atoms with E-state index in [1.807, 2.05) is 5.43 Å². The van der Waals surface area contributed by atoms with Gasteiger partial charge < -0.3 is 0 Å². The molecule has 0 heterocycles. The summed E-state index contributed by atoms with van der Waals surface area (Å²) in [7, 11) is 0. The maximum Gasteiger partial charge on any atom is 0.256 e. The number of carbonyl (C=O) groups is 2. The summed E-state index contributed by atoms with van der Waals surface area (Å²) in [5.41, 5.74) is 3.69. The summed E-state index contributed by atoms with van der Waals surface area (Å²) < 4.78 is -0.590. The van der Waals surface area contributed by atoms with Crippen molar-refractivity contribution in [2.75, 3.05) is 0 Å². The standard InChI is InChI=1S/C10H14Br2N4O2/c1-5-3-10(12,8(18)16-14)9(2,4-6(5)11)7(17)15-13/h3-4H,13-14H2,1-2H3,(H,15,17)(H,16,18). The van der Waals surface area contributed by atoms with Gasteiger partial charge in [-0.3, -0.25) is 20.4 Å². The first kappa shape index (κ1) is 15.4. The number of nitrogens with one attached hydrogen (secondary N) is 2. The molecule has 100 valence electrons. The van der Waals surface area contributed by atoms with Crippen molar-refractivity contribution in [1.29, 1.82) is 0 Å². The molecule has 0 aliphatic heterocycles. The molecule has 0 saturated heterocycles. The predicted octanol–water partition coefficient (Wildman–Crippen LogP) is 0.345. The fourth-order valence-electron chi connectivity index (χ4n) is 1.78. The van der Waals surface area contributed by atoms with E-state index in [-0.39, 0.29) is 0 Å². The first-order valence-corrected chi connectivity index (χ1v) is 6.60. The molecule has 8 heteroatoms. The fourth-order valence-corrected chi connectivity index (χ4v) is 3.10. The maximum absolute atomic E-state index is 12.0. The second-order valence-electron chi connectivity index (χ2n) is 4.18. The Labute approximate surface area is 121 Å². The molecule has 0 bridgehead atoms. The van der Waals surface area contributed by atoms with Crippen LogP contribution in [-0.4, -0.2) is 16.1 Å². The minimum atomic E-state index is -1.31. The third-order valence-corrected chi connectivity index (χ3v) is 5.29. The second-order valence-corrected chi connectivity index (χ2v) is 6.29. The Morgan fingerprint density at radius 3 is 2.17 bits per heavy atom. The van der Waals surface area contributed by atoms with E-state index in [4.69, 9.17) is 11.7 Å². The van der Waals surface area contributed by atoms with Crippen LogP contribution in [0.5, 0.6) is 0 Å². The van der Waals surface area contributed by atoms with E-state index in [0.717, 1.165) is 5.57 Å². The zero-order chi connectivity index (χ0) is 14.1. The van der Waals surface area contributed by atoms with Gasteiger partial charge in [-0.05, 0) is 19.4 Å². The van der Waals surface area contributed by atoms with E-state index in [2.05, 4.69) is 37.3 Å². The van der Waals surface area contributed by atoms with Gasteiger partial charge in [0, 0.05) is 4.48 Å². The highest BCUT2D eigenvalue weighted by molar-refractivity contribution is 9.12. The third-order valence-electron chi connectivity index (χ3n) is 3.03. The summed E-state index contributed by atoms with van der Waals surface area (Å²) in [6.45, 7) is 3.39. The van der Waals surface area contributed by atoms with Crippen molar-refractivity contribution >= 4 is 43.7 Å². The summed E-state index contributed by atoms with van der Waals surface area (Å²) in [5, 5.41) is 0. The number of halogens is 2. The van der Waals surface area contributed by atoms with Crippen LogP contribution in [0, 0.1) is 5.41 Å². The van der Waals surface area contributed by atoms with Crippen LogP contribution < -0.4 is 22.5 Å². The van der Waals surface area contributed by atoms with E-state index < -0.39 is 21.6 Å². The van der Waals surface area contributed by atoms with Crippen molar-refractivity contribution in [2.24, 2.45) is 17.1 Å². The summed E-state index contributed by atoms with van der Waals surface area (Å²) in [5.74, 6) is 9.31. The van der Waals surface area contributed by atoms with Crippen LogP contribution in [0.4, 0.5) is 0 Å². The molecule has 2 unspecified atom stereocenters. The van der Waals surface area contributed by atoms with Gasteiger partial charge in [-0.25, -0.2) is 11.7 Å². The molecule has 1 rings (SSSR count). The monoisotopic (exact) mass is 380 g/mol. The Kier molecular flexibility index (Phi) is 4.37. The first-order chi connectivity index (χ1) is 8.22. The predicted molar refractivity (Wildman–Crippen MR) is 75.2 cm³/mol. The topological polar surface area (TPSA) is 110 Å². The number of alkyl halides is 1. The number of hydrazine groups is 2. The van der Waals surface area contributed by atoms with Crippen molar-refractivity contribution in [2.45, 2.75) is 18.2 Å². The van der Waals surface area contributed by atoms with Gasteiger partial charge in [0.1, 0.15) is 4.32 Å². The number of hydrogen-bond donors (Lipinski definition) is 4. The minimum absolute atomic E-state index is 0.510. The Morgan fingerprint density at radius 1 is 1.22 bits per heavy atom. The van der Waals surface area contributed by atoms with Crippen molar-refractivity contribution in [3.63, 3.8) is 0 Å². The molecule has 0 aromatic heterocycles. The molecule has 18 heavy (non-hydrogen) atoms. The van der Waals surface area contributed by atoms with E-state index in [0.29, 0.717) is 4.48 Å². The molecule has 2 atom stereocenters. The highest BCUT2D eigenvalue weighted by Gasteiger charge is 2.55. The minimum Gasteiger partial charge on any atom is -0.293 e. The van der Waals surface area contributed by atoms with Crippen LogP contribution >= 0.6 is 31.9 Å². The van der Waals surface area contributed by atoms with Crippen LogP contribution in [0.15, 0.2) is 22.2 Å². The SMILES string of the molecule is CC1=CC(Br)(C(=O)NN)C(C)(C(=O)NN)C=C1Br. The lowest BCUT2D eigenvalue weighted by atomic mass is 9.71. The summed E-state index contributed by atoms with van der Waals surface area (Å²) in [4.78, 5) is 24.0. The van der Waals surface area contributed by atoms with Crippen molar-refractivity contribution in [3.8, 4) is 0 Å². The molecule has 0 fully saturated rings. The van der Waals surface area contributed by atoms with E-state index in [9.17, 15) is 9.59 Å². The van der Waals surface area contributed by atoms with Gasteiger partial charge in [0.2, 0.25) is 5.91 Å². The summed E-state index contributed by atoms with van der Waals surface area (Å²) in [6.07, 6.45) is 3.24. The van der Waals surface area contributed by atoms with Crippen LogP contribution in [0.3, 0.4) is 0 Å². The van der Waals surface area contributed by atoms with Gasteiger partial charge in [-0.15, -0.1) is 0 Å². The van der Waals surface area contributed by atoms with Crippen LogP contribution in [0.2, 0.25) is 0 Å². The molecule has 0 aromatic rings. The molecular formula is C10H14Br2N4O2. The summed E-state index contributed by atoms with van der Waals surface area (Å²) >= 11 is 6.64. The fraction of sp³-hybridized carbons (Fsp3) is 0.400. The normalized spacial score (nSPS) is 31.2. The van der Waals surface area contributed by atoms with E-state index in [1.165, 1.54) is 0 Å². The lowest BCUT2D eigenvalue weighted by Gasteiger charge is -2.40. The van der Waals surface area contributed by atoms with E-state index >= 15 is 0 Å². The number of amides is 2. The third kappa shape index (κ3) is 2.13. The van der Waals surface area contributed by atoms with E-state index in [1.54, 1.807) is 26.0 Å². The highest BCUT2D eigenvalue weighted by Crippen LogP contribution is 2.48. The van der Waals surface area contributed by atoms with Crippen LogP contribution in [-0.2, 0) is 9.59 Å². The second kappa shape index (κ2) is 5.12. The molecule has 2 amide bonds.